The zero-order valence-electron chi connectivity index (χ0n) is 5.75. The summed E-state index contributed by atoms with van der Waals surface area (Å²) in [5.41, 5.74) is 5.59. The smallest absolute Gasteiger partial charge is 0.160 e. The molecule has 0 bridgehead atoms. The average Bonchev–Trinajstić information content (AvgIpc) is 2.20. The van der Waals surface area contributed by atoms with Gasteiger partial charge in [-0.25, -0.2) is 0 Å². The molecule has 2 N–H and O–H groups in total. The second kappa shape index (κ2) is 3.21. The van der Waals surface area contributed by atoms with Gasteiger partial charge in [-0.15, -0.1) is 18.3 Å². The number of nitrogens with two attached hydrogens (primary N) is 1. The van der Waals surface area contributed by atoms with Crippen molar-refractivity contribution in [2.75, 3.05) is 5.75 Å². The number of ketones is 1. The van der Waals surface area contributed by atoms with Crippen molar-refractivity contribution in [3.63, 3.8) is 0 Å². The normalized spacial score (nSPS) is 32.7. The molecule has 0 aromatic heterocycles. The summed E-state index contributed by atoms with van der Waals surface area (Å²) in [5.74, 6) is 0.761. The van der Waals surface area contributed by atoms with Crippen LogP contribution < -0.4 is 5.73 Å². The summed E-state index contributed by atoms with van der Waals surface area (Å²) in [4.78, 5) is 10.9. The van der Waals surface area contributed by atoms with E-state index in [1.165, 1.54) is 0 Å². The van der Waals surface area contributed by atoms with Gasteiger partial charge in [-0.1, -0.05) is 6.08 Å². The molecule has 56 valence electrons. The molecule has 10 heavy (non-hydrogen) atoms. The molecule has 0 aliphatic carbocycles. The largest absolute Gasteiger partial charge is 0.321 e. The summed E-state index contributed by atoms with van der Waals surface area (Å²) in [7, 11) is 0. The van der Waals surface area contributed by atoms with E-state index in [2.05, 4.69) is 6.58 Å². The molecule has 2 unspecified atom stereocenters. The number of allylic oxidation sites excluding steroid dienone is 1. The fraction of sp³-hybridized carbons (Fsp3) is 0.571. The Morgan fingerprint density at radius 3 is 3.00 bits per heavy atom. The minimum Gasteiger partial charge on any atom is -0.321 e. The van der Waals surface area contributed by atoms with Crippen LogP contribution in [0.3, 0.4) is 0 Å². The van der Waals surface area contributed by atoms with E-state index >= 15 is 0 Å². The quantitative estimate of drug-likeness (QED) is 0.596. The van der Waals surface area contributed by atoms with E-state index < -0.39 is 0 Å². The van der Waals surface area contributed by atoms with Crippen molar-refractivity contribution in [1.82, 2.24) is 0 Å². The van der Waals surface area contributed by atoms with Crippen molar-refractivity contribution < 1.29 is 4.79 Å². The van der Waals surface area contributed by atoms with Crippen LogP contribution in [0.1, 0.15) is 6.42 Å². The van der Waals surface area contributed by atoms with Crippen LogP contribution >= 0.6 is 11.8 Å². The average molecular weight is 157 g/mol. The minimum atomic E-state index is -0.247. The van der Waals surface area contributed by atoms with E-state index in [1.54, 1.807) is 11.8 Å². The highest BCUT2D eigenvalue weighted by Crippen LogP contribution is 2.25. The molecule has 0 radical (unpaired) electrons. The molecule has 0 aromatic rings. The molecule has 0 saturated carbocycles. The first-order valence-electron chi connectivity index (χ1n) is 3.26. The molecule has 1 heterocycles. The Bertz CT molecular complexity index is 158. The summed E-state index contributed by atoms with van der Waals surface area (Å²) >= 11 is 1.64. The van der Waals surface area contributed by atoms with Crippen LogP contribution in [-0.2, 0) is 4.79 Å². The first-order chi connectivity index (χ1) is 4.75. The molecule has 1 saturated heterocycles. The van der Waals surface area contributed by atoms with Crippen molar-refractivity contribution in [1.29, 1.82) is 0 Å². The Balaban J connectivity index is 2.48. The summed E-state index contributed by atoms with van der Waals surface area (Å²) < 4.78 is 0. The van der Waals surface area contributed by atoms with Gasteiger partial charge in [-0.3, -0.25) is 4.79 Å². The number of hydrogen-bond acceptors (Lipinski definition) is 3. The minimum absolute atomic E-state index is 0.178. The molecule has 1 fully saturated rings. The highest BCUT2D eigenvalue weighted by molar-refractivity contribution is 8.01. The third-order valence-corrected chi connectivity index (χ3v) is 2.98. The fourth-order valence-electron chi connectivity index (χ4n) is 0.975. The standard InChI is InChI=1S/C7H11NOS/c1-2-3-6-7(8)5(9)4-10-6/h2,6-7H,1,3-4,8H2. The van der Waals surface area contributed by atoms with Gasteiger partial charge in [-0.05, 0) is 6.42 Å². The van der Waals surface area contributed by atoms with Crippen LogP contribution in [0, 0.1) is 0 Å². The first-order valence-corrected chi connectivity index (χ1v) is 4.31. The third-order valence-electron chi connectivity index (χ3n) is 1.61. The molecular weight excluding hydrogens is 146 g/mol. The molecule has 0 aromatic carbocycles. The van der Waals surface area contributed by atoms with Crippen molar-refractivity contribution in [2.45, 2.75) is 17.7 Å². The second-order valence-corrected chi connectivity index (χ2v) is 3.59. The fourth-order valence-corrected chi connectivity index (χ4v) is 2.18. The number of rotatable bonds is 2. The number of carbonyl (C=O) groups is 1. The molecular formula is C7H11NOS. The summed E-state index contributed by atoms with van der Waals surface area (Å²) in [6.07, 6.45) is 2.66. The maximum Gasteiger partial charge on any atom is 0.160 e. The maximum absolute atomic E-state index is 10.9. The van der Waals surface area contributed by atoms with Crippen molar-refractivity contribution in [2.24, 2.45) is 5.73 Å². The molecule has 1 aliphatic heterocycles. The van der Waals surface area contributed by atoms with Crippen LogP contribution in [-0.4, -0.2) is 22.8 Å². The molecule has 3 heteroatoms. The van der Waals surface area contributed by atoms with E-state index in [0.717, 1.165) is 6.42 Å². The number of hydrogen-bond donors (Lipinski definition) is 1. The van der Waals surface area contributed by atoms with Gasteiger partial charge >= 0.3 is 0 Å². The van der Waals surface area contributed by atoms with Gasteiger partial charge in [0.05, 0.1) is 11.8 Å². The lowest BCUT2D eigenvalue weighted by Crippen LogP contribution is -2.34. The highest BCUT2D eigenvalue weighted by atomic mass is 32.2. The Labute approximate surface area is 64.9 Å². The molecule has 2 nitrogen and oxygen atoms in total. The van der Waals surface area contributed by atoms with Gasteiger partial charge < -0.3 is 5.73 Å². The van der Waals surface area contributed by atoms with Gasteiger partial charge in [-0.2, -0.15) is 0 Å². The van der Waals surface area contributed by atoms with Crippen LogP contribution in [0.15, 0.2) is 12.7 Å². The number of Topliss-reactive ketones (excluding diaryl/α,β-unsaturated/α-hetero) is 1. The lowest BCUT2D eigenvalue weighted by molar-refractivity contribution is -0.117. The van der Waals surface area contributed by atoms with Crippen LogP contribution in [0.25, 0.3) is 0 Å². The second-order valence-electron chi connectivity index (χ2n) is 2.37. The number of thioether (sulfide) groups is 1. The Morgan fingerprint density at radius 2 is 2.60 bits per heavy atom. The van der Waals surface area contributed by atoms with Gasteiger partial charge in [0.1, 0.15) is 0 Å². The summed E-state index contributed by atoms with van der Waals surface area (Å²) in [6, 6.07) is -0.247. The van der Waals surface area contributed by atoms with E-state index in [1.807, 2.05) is 6.08 Å². The van der Waals surface area contributed by atoms with Crippen molar-refractivity contribution >= 4 is 17.5 Å². The monoisotopic (exact) mass is 157 g/mol. The predicted octanol–water partition coefficient (Wildman–Crippen LogP) is 0.574. The number of carbonyl (C=O) groups excluding carboxylic acids is 1. The van der Waals surface area contributed by atoms with E-state index in [-0.39, 0.29) is 17.1 Å². The Hall–Kier alpha value is -0.280. The van der Waals surface area contributed by atoms with Crippen molar-refractivity contribution in [3.05, 3.63) is 12.7 Å². The van der Waals surface area contributed by atoms with Crippen LogP contribution in [0.5, 0.6) is 0 Å². The van der Waals surface area contributed by atoms with Gasteiger partial charge in [0.25, 0.3) is 0 Å². The molecule has 0 amide bonds. The first kappa shape index (κ1) is 7.82. The van der Waals surface area contributed by atoms with Gasteiger partial charge in [0.15, 0.2) is 5.78 Å². The van der Waals surface area contributed by atoms with Gasteiger partial charge in [0.2, 0.25) is 0 Å². The molecule has 1 aliphatic rings. The summed E-state index contributed by atoms with van der Waals surface area (Å²) in [5, 5.41) is 0.282. The molecule has 2 atom stereocenters. The molecule has 0 spiro atoms. The van der Waals surface area contributed by atoms with E-state index in [0.29, 0.717) is 5.75 Å². The van der Waals surface area contributed by atoms with Gasteiger partial charge in [0, 0.05) is 5.25 Å². The topological polar surface area (TPSA) is 43.1 Å². The Kier molecular flexibility index (Phi) is 2.51. The summed E-state index contributed by atoms with van der Waals surface area (Å²) in [6.45, 7) is 3.60. The zero-order valence-corrected chi connectivity index (χ0v) is 6.56. The highest BCUT2D eigenvalue weighted by Gasteiger charge is 2.30. The third kappa shape index (κ3) is 1.41. The van der Waals surface area contributed by atoms with E-state index in [9.17, 15) is 4.79 Å². The lowest BCUT2D eigenvalue weighted by Gasteiger charge is -2.08. The lowest BCUT2D eigenvalue weighted by atomic mass is 10.1. The zero-order chi connectivity index (χ0) is 7.56. The Morgan fingerprint density at radius 1 is 1.90 bits per heavy atom. The van der Waals surface area contributed by atoms with Crippen LogP contribution in [0.2, 0.25) is 0 Å². The van der Waals surface area contributed by atoms with Crippen LogP contribution in [0.4, 0.5) is 0 Å². The van der Waals surface area contributed by atoms with Crippen molar-refractivity contribution in [3.8, 4) is 0 Å². The SMILES string of the molecule is C=CCC1SCC(=O)C1N. The molecule has 1 rings (SSSR count). The predicted molar refractivity (Wildman–Crippen MR) is 44.0 cm³/mol. The van der Waals surface area contributed by atoms with E-state index in [4.69, 9.17) is 5.73 Å². The maximum atomic E-state index is 10.9.